The van der Waals surface area contributed by atoms with Crippen molar-refractivity contribution in [1.29, 1.82) is 0 Å². The van der Waals surface area contributed by atoms with Crippen LogP contribution < -0.4 is 4.74 Å². The Morgan fingerprint density at radius 3 is 2.65 bits per heavy atom. The second-order valence-corrected chi connectivity index (χ2v) is 9.07. The number of likely N-dealkylation sites (tertiary alicyclic amines) is 1. The van der Waals surface area contributed by atoms with E-state index in [-0.39, 0.29) is 18.8 Å². The van der Waals surface area contributed by atoms with Gasteiger partial charge in [-0.25, -0.2) is 9.78 Å². The number of fused-ring (bicyclic) bond motifs is 1. The number of hydrogen-bond donors (Lipinski definition) is 0. The van der Waals surface area contributed by atoms with Crippen LogP contribution >= 0.6 is 11.6 Å². The van der Waals surface area contributed by atoms with Gasteiger partial charge in [0.05, 0.1) is 25.2 Å². The fourth-order valence-corrected chi connectivity index (χ4v) is 3.63. The predicted octanol–water partition coefficient (Wildman–Crippen LogP) is 5.06. The molecule has 1 aliphatic heterocycles. The summed E-state index contributed by atoms with van der Waals surface area (Å²) in [5, 5.41) is 5.76. The highest BCUT2D eigenvalue weighted by Gasteiger charge is 2.36. The van der Waals surface area contributed by atoms with E-state index in [1.165, 1.54) is 0 Å². The molecule has 1 aromatic heterocycles. The zero-order chi connectivity index (χ0) is 22.8. The maximum absolute atomic E-state index is 12.1. The average molecular weight is 448 g/mol. The van der Waals surface area contributed by atoms with Crippen molar-refractivity contribution < 1.29 is 19.0 Å². The Kier molecular flexibility index (Phi) is 6.50. The van der Waals surface area contributed by atoms with Gasteiger partial charge in [-0.2, -0.15) is 0 Å². The number of rotatable bonds is 6. The number of amides is 1. The van der Waals surface area contributed by atoms with E-state index in [9.17, 15) is 4.79 Å². The van der Waals surface area contributed by atoms with Gasteiger partial charge >= 0.3 is 6.09 Å². The second kappa shape index (κ2) is 8.78. The van der Waals surface area contributed by atoms with Crippen molar-refractivity contribution in [2.75, 3.05) is 26.8 Å². The van der Waals surface area contributed by atoms with Crippen LogP contribution in [-0.4, -0.2) is 54.5 Å². The summed E-state index contributed by atoms with van der Waals surface area (Å²) in [7, 11) is 1.55. The summed E-state index contributed by atoms with van der Waals surface area (Å²) in [6.45, 7) is 8.34. The molecule has 1 aliphatic rings. The Hall–Kier alpha value is -2.74. The molecule has 0 aliphatic carbocycles. The van der Waals surface area contributed by atoms with E-state index >= 15 is 0 Å². The van der Waals surface area contributed by atoms with E-state index in [1.54, 1.807) is 31.2 Å². The topological polar surface area (TPSA) is 110 Å². The van der Waals surface area contributed by atoms with Crippen molar-refractivity contribution in [1.82, 2.24) is 9.88 Å². The number of methoxy groups -OCH3 is 1. The maximum Gasteiger partial charge on any atom is 0.410 e. The Bertz CT molecular complexity index is 1030. The molecule has 9 nitrogen and oxygen atoms in total. The molecule has 0 bridgehead atoms. The standard InChI is InChI=1S/C21H26ClN5O4/c1-20(2,3)31-19(28)27-10-13(11-27)30-17-7-6-16(21(4,12-29-5)25-26-23)14-8-18(22)24-9-15(14)17/h6-9,13H,10-12H2,1-5H3/t21-/m0/s1. The van der Waals surface area contributed by atoms with Gasteiger partial charge in [-0.05, 0) is 56.3 Å². The van der Waals surface area contributed by atoms with Gasteiger partial charge in [0.2, 0.25) is 0 Å². The van der Waals surface area contributed by atoms with Gasteiger partial charge in [0.15, 0.2) is 0 Å². The number of azide groups is 1. The van der Waals surface area contributed by atoms with E-state index in [0.29, 0.717) is 24.0 Å². The summed E-state index contributed by atoms with van der Waals surface area (Å²) < 4.78 is 16.8. The van der Waals surface area contributed by atoms with Crippen molar-refractivity contribution >= 4 is 28.5 Å². The lowest BCUT2D eigenvalue weighted by Gasteiger charge is -2.39. The number of carbonyl (C=O) groups excluding carboxylic acids is 1. The fourth-order valence-electron chi connectivity index (χ4n) is 3.47. The number of nitrogens with zero attached hydrogens (tertiary/aromatic N) is 5. The van der Waals surface area contributed by atoms with E-state index < -0.39 is 11.1 Å². The second-order valence-electron chi connectivity index (χ2n) is 8.69. The molecule has 10 heteroatoms. The van der Waals surface area contributed by atoms with Gasteiger partial charge in [0.25, 0.3) is 0 Å². The van der Waals surface area contributed by atoms with Gasteiger partial charge in [-0.1, -0.05) is 22.8 Å². The smallest absolute Gasteiger partial charge is 0.410 e. The van der Waals surface area contributed by atoms with Crippen LogP contribution in [0.2, 0.25) is 5.15 Å². The number of benzene rings is 1. The van der Waals surface area contributed by atoms with E-state index in [2.05, 4.69) is 15.0 Å². The largest absolute Gasteiger partial charge is 0.486 e. The van der Waals surface area contributed by atoms with Crippen LogP contribution in [0.15, 0.2) is 29.5 Å². The first-order valence-corrected chi connectivity index (χ1v) is 10.2. The minimum atomic E-state index is -0.936. The molecule has 0 N–H and O–H groups in total. The molecule has 1 atom stereocenters. The molecule has 1 fully saturated rings. The van der Waals surface area contributed by atoms with Crippen LogP contribution in [0.3, 0.4) is 0 Å². The zero-order valence-electron chi connectivity index (χ0n) is 18.3. The molecule has 2 heterocycles. The van der Waals surface area contributed by atoms with Crippen molar-refractivity contribution in [2.24, 2.45) is 5.11 Å². The normalized spacial score (nSPS) is 16.3. The first kappa shape index (κ1) is 22.9. The number of aromatic nitrogens is 1. The lowest BCUT2D eigenvalue weighted by Crippen LogP contribution is -2.57. The maximum atomic E-state index is 12.1. The van der Waals surface area contributed by atoms with Crippen molar-refractivity contribution in [3.8, 4) is 5.75 Å². The highest BCUT2D eigenvalue weighted by molar-refractivity contribution is 6.30. The van der Waals surface area contributed by atoms with E-state index in [4.69, 9.17) is 31.3 Å². The number of hydrogen-bond acceptors (Lipinski definition) is 6. The van der Waals surface area contributed by atoms with E-state index in [0.717, 1.165) is 16.3 Å². The van der Waals surface area contributed by atoms with Crippen LogP contribution in [0.5, 0.6) is 5.75 Å². The quantitative estimate of drug-likeness (QED) is 0.266. The van der Waals surface area contributed by atoms with Crippen molar-refractivity contribution in [3.63, 3.8) is 0 Å². The summed E-state index contributed by atoms with van der Waals surface area (Å²) >= 11 is 6.15. The molecule has 1 aromatic carbocycles. The average Bonchev–Trinajstić information content (AvgIpc) is 2.62. The van der Waals surface area contributed by atoms with Crippen LogP contribution in [0, 0.1) is 0 Å². The van der Waals surface area contributed by atoms with Gasteiger partial charge in [0, 0.05) is 23.6 Å². The van der Waals surface area contributed by atoms with Gasteiger partial charge in [-0.15, -0.1) is 0 Å². The minimum absolute atomic E-state index is 0.167. The Morgan fingerprint density at radius 1 is 1.32 bits per heavy atom. The predicted molar refractivity (Wildman–Crippen MR) is 117 cm³/mol. The highest BCUT2D eigenvalue weighted by Crippen LogP contribution is 2.38. The number of halogens is 1. The van der Waals surface area contributed by atoms with Gasteiger partial charge in [0.1, 0.15) is 22.6 Å². The highest BCUT2D eigenvalue weighted by atomic mass is 35.5. The summed E-state index contributed by atoms with van der Waals surface area (Å²) in [5.41, 5.74) is 8.34. The summed E-state index contributed by atoms with van der Waals surface area (Å²) in [6, 6.07) is 5.36. The number of carbonyl (C=O) groups is 1. The first-order chi connectivity index (χ1) is 14.6. The molecule has 2 aromatic rings. The Labute approximate surface area is 185 Å². The Balaban J connectivity index is 1.86. The molecule has 0 radical (unpaired) electrons. The molecule has 166 valence electrons. The lowest BCUT2D eigenvalue weighted by molar-refractivity contribution is -0.0217. The SMILES string of the molecule is COC[C@](C)(N=[N+]=[N-])c1ccc(OC2CN(C(=O)OC(C)(C)C)C2)c2cnc(Cl)cc12. The fraction of sp³-hybridized carbons (Fsp3) is 0.524. The monoisotopic (exact) mass is 447 g/mol. The van der Waals surface area contributed by atoms with Crippen LogP contribution in [0.25, 0.3) is 21.2 Å². The minimum Gasteiger partial charge on any atom is -0.486 e. The van der Waals surface area contributed by atoms with E-state index in [1.807, 2.05) is 32.9 Å². The molecule has 1 saturated heterocycles. The molecule has 1 amide bonds. The third-order valence-electron chi connectivity index (χ3n) is 4.89. The molecule has 0 unspecified atom stereocenters. The van der Waals surface area contributed by atoms with Crippen LogP contribution in [-0.2, 0) is 15.0 Å². The lowest BCUT2D eigenvalue weighted by atomic mass is 9.89. The van der Waals surface area contributed by atoms with Gasteiger partial charge in [-0.3, -0.25) is 0 Å². The summed E-state index contributed by atoms with van der Waals surface area (Å²) in [4.78, 5) is 20.9. The third kappa shape index (κ3) is 5.12. The van der Waals surface area contributed by atoms with Crippen molar-refractivity contribution in [3.05, 3.63) is 45.6 Å². The Morgan fingerprint density at radius 2 is 2.03 bits per heavy atom. The molecule has 0 saturated carbocycles. The zero-order valence-corrected chi connectivity index (χ0v) is 19.0. The molecule has 0 spiro atoms. The van der Waals surface area contributed by atoms with Crippen molar-refractivity contribution in [2.45, 2.75) is 44.9 Å². The molecular formula is C21H26ClN5O4. The van der Waals surface area contributed by atoms with Gasteiger partial charge < -0.3 is 19.1 Å². The van der Waals surface area contributed by atoms with Crippen LogP contribution in [0.1, 0.15) is 33.3 Å². The summed E-state index contributed by atoms with van der Waals surface area (Å²) in [5.74, 6) is 0.609. The molecular weight excluding hydrogens is 422 g/mol. The number of pyridine rings is 1. The molecule has 3 rings (SSSR count). The number of ether oxygens (including phenoxy) is 3. The summed E-state index contributed by atoms with van der Waals surface area (Å²) in [6.07, 6.45) is 1.11. The third-order valence-corrected chi connectivity index (χ3v) is 5.10. The van der Waals surface area contributed by atoms with Crippen LogP contribution in [0.4, 0.5) is 4.79 Å². The first-order valence-electron chi connectivity index (χ1n) is 9.85. The molecule has 31 heavy (non-hydrogen) atoms.